The molecule has 0 spiro atoms. The highest BCUT2D eigenvalue weighted by molar-refractivity contribution is 7.98. The lowest BCUT2D eigenvalue weighted by Gasteiger charge is -2.32. The topological polar surface area (TPSA) is 98.3 Å². The molecule has 1 aliphatic heterocycles. The number of urea groups is 1. The minimum absolute atomic E-state index is 0.0142. The summed E-state index contributed by atoms with van der Waals surface area (Å²) in [5.41, 5.74) is 9.71. The summed E-state index contributed by atoms with van der Waals surface area (Å²) in [7, 11) is 0. The molecule has 1 unspecified atom stereocenters. The first-order valence-electron chi connectivity index (χ1n) is 13.4. The monoisotopic (exact) mass is 532 g/mol. The number of nitrogens with one attached hydrogen (secondary N) is 1. The Kier molecular flexibility index (Phi) is 8.34. The molecular formula is C29H36N6O2S. The van der Waals surface area contributed by atoms with E-state index in [4.69, 9.17) is 10.5 Å². The number of likely N-dealkylation sites (tertiary alicyclic amines) is 1. The van der Waals surface area contributed by atoms with Crippen molar-refractivity contribution in [3.8, 4) is 0 Å². The van der Waals surface area contributed by atoms with E-state index in [1.165, 1.54) is 0 Å². The Balaban J connectivity index is 1.11. The number of para-hydroxylation sites is 1. The van der Waals surface area contributed by atoms with Crippen LogP contribution in [0.15, 0.2) is 59.8 Å². The van der Waals surface area contributed by atoms with Crippen LogP contribution in [0.2, 0.25) is 0 Å². The van der Waals surface area contributed by atoms with Crippen molar-refractivity contribution >= 4 is 51.2 Å². The van der Waals surface area contributed by atoms with Gasteiger partial charge in [-0.2, -0.15) is 0 Å². The fourth-order valence-electron chi connectivity index (χ4n) is 5.24. The van der Waals surface area contributed by atoms with Crippen molar-refractivity contribution in [2.75, 3.05) is 43.6 Å². The van der Waals surface area contributed by atoms with Gasteiger partial charge in [0.05, 0.1) is 30.0 Å². The molecule has 4 aromatic rings. The van der Waals surface area contributed by atoms with Gasteiger partial charge in [0.2, 0.25) is 0 Å². The quantitative estimate of drug-likeness (QED) is 0.197. The molecule has 3 N–H and O–H groups in total. The van der Waals surface area contributed by atoms with Crippen LogP contribution >= 0.6 is 11.8 Å². The molecule has 1 atom stereocenters. The summed E-state index contributed by atoms with van der Waals surface area (Å²) in [6.07, 6.45) is 7.84. The van der Waals surface area contributed by atoms with Crippen LogP contribution in [0.1, 0.15) is 38.6 Å². The van der Waals surface area contributed by atoms with Gasteiger partial charge >= 0.3 is 6.03 Å². The standard InChI is InChI=1S/C29H36N6O2S/c1-3-22(35-19-31-26-27(35)24-9-4-5-10-25(24)33-28(26)30)18-37-16-13-20-11-14-34(15-12-20)29(36)32-21-7-6-8-23(17-21)38-2/h4-10,17,19-20,22H,3,11-16,18H2,1-2H3,(H2,30,33)(H,32,36). The highest BCUT2D eigenvalue weighted by Crippen LogP contribution is 2.30. The van der Waals surface area contributed by atoms with Crippen molar-refractivity contribution in [1.29, 1.82) is 0 Å². The number of carbonyl (C=O) groups excluding carboxylic acids is 1. The van der Waals surface area contributed by atoms with E-state index in [-0.39, 0.29) is 12.1 Å². The van der Waals surface area contributed by atoms with Gasteiger partial charge in [0.25, 0.3) is 0 Å². The first-order chi connectivity index (χ1) is 18.6. The van der Waals surface area contributed by atoms with Gasteiger partial charge in [0.1, 0.15) is 5.52 Å². The number of rotatable bonds is 9. The van der Waals surface area contributed by atoms with Gasteiger partial charge in [0.15, 0.2) is 5.82 Å². The van der Waals surface area contributed by atoms with Crippen molar-refractivity contribution < 1.29 is 9.53 Å². The molecule has 3 heterocycles. The summed E-state index contributed by atoms with van der Waals surface area (Å²) in [4.78, 5) is 24.9. The Hall–Kier alpha value is -3.30. The zero-order valence-corrected chi connectivity index (χ0v) is 22.9. The van der Waals surface area contributed by atoms with Crippen molar-refractivity contribution in [3.63, 3.8) is 0 Å². The number of nitrogens with two attached hydrogens (primary N) is 1. The molecule has 9 heteroatoms. The van der Waals surface area contributed by atoms with Gasteiger partial charge in [-0.25, -0.2) is 14.8 Å². The first kappa shape index (κ1) is 26.3. The van der Waals surface area contributed by atoms with Gasteiger partial charge in [-0.15, -0.1) is 11.8 Å². The lowest BCUT2D eigenvalue weighted by molar-refractivity contribution is 0.0825. The average Bonchev–Trinajstić information content (AvgIpc) is 3.39. The third kappa shape index (κ3) is 5.73. The van der Waals surface area contributed by atoms with E-state index in [1.807, 2.05) is 59.9 Å². The van der Waals surface area contributed by atoms with Crippen molar-refractivity contribution in [2.45, 2.75) is 43.5 Å². The summed E-state index contributed by atoms with van der Waals surface area (Å²) in [5, 5.41) is 4.10. The van der Waals surface area contributed by atoms with Crippen LogP contribution in [0.25, 0.3) is 21.9 Å². The number of anilines is 2. The normalized spacial score (nSPS) is 15.3. The van der Waals surface area contributed by atoms with Crippen molar-refractivity contribution in [2.24, 2.45) is 5.92 Å². The van der Waals surface area contributed by atoms with Crippen molar-refractivity contribution in [3.05, 3.63) is 54.9 Å². The number of benzene rings is 2. The first-order valence-corrected chi connectivity index (χ1v) is 14.6. The number of carbonyl (C=O) groups is 1. The number of hydrogen-bond donors (Lipinski definition) is 2. The fourth-order valence-corrected chi connectivity index (χ4v) is 5.70. The number of ether oxygens (including phenoxy) is 1. The van der Waals surface area contributed by atoms with Crippen molar-refractivity contribution in [1.82, 2.24) is 19.4 Å². The van der Waals surface area contributed by atoms with E-state index >= 15 is 0 Å². The summed E-state index contributed by atoms with van der Waals surface area (Å²) in [6.45, 7) is 5.06. The lowest BCUT2D eigenvalue weighted by Crippen LogP contribution is -2.41. The van der Waals surface area contributed by atoms with E-state index < -0.39 is 0 Å². The average molecular weight is 533 g/mol. The van der Waals surface area contributed by atoms with Crippen LogP contribution in [-0.2, 0) is 4.74 Å². The summed E-state index contributed by atoms with van der Waals surface area (Å²) in [6, 6.07) is 16.2. The lowest BCUT2D eigenvalue weighted by atomic mass is 9.94. The predicted octanol–water partition coefficient (Wildman–Crippen LogP) is 6.19. The van der Waals surface area contributed by atoms with Gasteiger partial charge in [-0.05, 0) is 62.1 Å². The smallest absolute Gasteiger partial charge is 0.321 e. The van der Waals surface area contributed by atoms with Crippen LogP contribution in [0, 0.1) is 5.92 Å². The second-order valence-corrected chi connectivity index (χ2v) is 10.8. The molecule has 0 radical (unpaired) electrons. The number of piperidine rings is 1. The van der Waals surface area contributed by atoms with Gasteiger partial charge in [-0.1, -0.05) is 31.2 Å². The fraction of sp³-hybridized carbons (Fsp3) is 0.414. The highest BCUT2D eigenvalue weighted by Gasteiger charge is 2.23. The number of pyridine rings is 1. The Bertz CT molecular complexity index is 1400. The molecule has 0 aliphatic carbocycles. The molecule has 2 amide bonds. The summed E-state index contributed by atoms with van der Waals surface area (Å²) in [5.74, 6) is 1.03. The Morgan fingerprint density at radius 1 is 1.21 bits per heavy atom. The third-order valence-electron chi connectivity index (χ3n) is 7.50. The number of thioether (sulfide) groups is 1. The third-order valence-corrected chi connectivity index (χ3v) is 8.23. The molecule has 0 saturated carbocycles. The predicted molar refractivity (Wildman–Crippen MR) is 156 cm³/mol. The second-order valence-electron chi connectivity index (χ2n) is 9.88. The van der Waals surface area contributed by atoms with Gasteiger partial charge in [-0.3, -0.25) is 0 Å². The number of imidazole rings is 1. The molecule has 0 bridgehead atoms. The highest BCUT2D eigenvalue weighted by atomic mass is 32.2. The molecule has 38 heavy (non-hydrogen) atoms. The minimum atomic E-state index is -0.0142. The minimum Gasteiger partial charge on any atom is -0.382 e. The Labute approximate surface area is 227 Å². The Morgan fingerprint density at radius 2 is 2.03 bits per heavy atom. The molecular weight excluding hydrogens is 496 g/mol. The SMILES string of the molecule is CCC(COCCC1CCN(C(=O)Nc2cccc(SC)c2)CC1)n1cnc2c(N)nc3ccccc3c21. The van der Waals surface area contributed by atoms with Crippen LogP contribution in [0.5, 0.6) is 0 Å². The van der Waals surface area contributed by atoms with E-state index in [2.05, 4.69) is 32.8 Å². The number of nitrogens with zero attached hydrogens (tertiary/aromatic N) is 4. The number of nitrogen functional groups attached to an aromatic ring is 1. The van der Waals surface area contributed by atoms with Crippen LogP contribution in [-0.4, -0.2) is 58.0 Å². The van der Waals surface area contributed by atoms with Crippen LogP contribution in [0.4, 0.5) is 16.3 Å². The van der Waals surface area contributed by atoms with E-state index in [9.17, 15) is 4.79 Å². The zero-order valence-electron chi connectivity index (χ0n) is 22.1. The molecule has 2 aromatic carbocycles. The molecule has 2 aromatic heterocycles. The number of amides is 2. The Morgan fingerprint density at radius 3 is 2.82 bits per heavy atom. The number of hydrogen-bond acceptors (Lipinski definition) is 6. The molecule has 1 saturated heterocycles. The zero-order chi connectivity index (χ0) is 26.5. The molecule has 8 nitrogen and oxygen atoms in total. The molecule has 5 rings (SSSR count). The van der Waals surface area contributed by atoms with Crippen LogP contribution < -0.4 is 11.1 Å². The summed E-state index contributed by atoms with van der Waals surface area (Å²) >= 11 is 1.67. The molecule has 1 fully saturated rings. The van der Waals surface area contributed by atoms with Gasteiger partial charge in [0, 0.05) is 35.7 Å². The second kappa shape index (κ2) is 12.0. The van der Waals surface area contributed by atoms with E-state index in [0.717, 1.165) is 71.3 Å². The van der Waals surface area contributed by atoms with E-state index in [0.29, 0.717) is 24.9 Å². The number of fused-ring (bicyclic) bond motifs is 3. The van der Waals surface area contributed by atoms with Gasteiger partial charge < -0.3 is 25.3 Å². The number of aromatic nitrogens is 3. The maximum absolute atomic E-state index is 12.7. The summed E-state index contributed by atoms with van der Waals surface area (Å²) < 4.78 is 8.39. The maximum Gasteiger partial charge on any atom is 0.321 e. The van der Waals surface area contributed by atoms with E-state index in [1.54, 1.807) is 11.8 Å². The maximum atomic E-state index is 12.7. The van der Waals surface area contributed by atoms with Crippen LogP contribution in [0.3, 0.4) is 0 Å². The molecule has 200 valence electrons. The largest absolute Gasteiger partial charge is 0.382 e. The molecule has 1 aliphatic rings.